The van der Waals surface area contributed by atoms with E-state index < -0.39 is 11.9 Å². The summed E-state index contributed by atoms with van der Waals surface area (Å²) in [5.74, 6) is -1.59. The van der Waals surface area contributed by atoms with Gasteiger partial charge in [-0.15, -0.1) is 0 Å². The van der Waals surface area contributed by atoms with Crippen molar-refractivity contribution < 1.29 is 19.4 Å². The average Bonchev–Trinajstić information content (AvgIpc) is 2.30. The van der Waals surface area contributed by atoms with Gasteiger partial charge >= 0.3 is 5.97 Å². The Labute approximate surface area is 63.5 Å². The molecule has 0 spiro atoms. The van der Waals surface area contributed by atoms with Crippen molar-refractivity contribution in [3.63, 3.8) is 0 Å². The minimum atomic E-state index is -1.31. The fourth-order valence-electron chi connectivity index (χ4n) is 0.950. The first kappa shape index (κ1) is 7.78. The van der Waals surface area contributed by atoms with Gasteiger partial charge in [-0.1, -0.05) is 6.92 Å². The van der Waals surface area contributed by atoms with Gasteiger partial charge in [0.2, 0.25) is 0 Å². The van der Waals surface area contributed by atoms with Crippen LogP contribution in [0.4, 0.5) is 0 Å². The van der Waals surface area contributed by atoms with Crippen LogP contribution in [0.25, 0.3) is 0 Å². The van der Waals surface area contributed by atoms with Crippen LogP contribution in [-0.4, -0.2) is 11.9 Å². The SMILES string of the molecule is CCC1=C(C(=O)[O-])CC(=O)O1. The number of aliphatic carboxylic acids is 1. The molecular weight excluding hydrogens is 148 g/mol. The van der Waals surface area contributed by atoms with Crippen LogP contribution in [0.3, 0.4) is 0 Å². The van der Waals surface area contributed by atoms with E-state index in [2.05, 4.69) is 4.74 Å². The quantitative estimate of drug-likeness (QED) is 0.497. The van der Waals surface area contributed by atoms with Crippen molar-refractivity contribution in [3.05, 3.63) is 11.3 Å². The van der Waals surface area contributed by atoms with Gasteiger partial charge < -0.3 is 14.6 Å². The molecule has 0 saturated heterocycles. The summed E-state index contributed by atoms with van der Waals surface area (Å²) in [5, 5.41) is 10.3. The highest BCUT2D eigenvalue weighted by Crippen LogP contribution is 2.21. The van der Waals surface area contributed by atoms with Crippen LogP contribution >= 0.6 is 0 Å². The molecule has 0 fully saturated rings. The second-order valence-electron chi connectivity index (χ2n) is 2.19. The third-order valence-corrected chi connectivity index (χ3v) is 1.46. The number of carbonyl (C=O) groups excluding carboxylic acids is 2. The van der Waals surface area contributed by atoms with E-state index in [0.717, 1.165) is 0 Å². The summed E-state index contributed by atoms with van der Waals surface area (Å²) in [6.07, 6.45) is 0.251. The number of carboxylic acids is 1. The summed E-state index contributed by atoms with van der Waals surface area (Å²) < 4.78 is 4.60. The van der Waals surface area contributed by atoms with Gasteiger partial charge in [0.05, 0.1) is 12.4 Å². The molecule has 0 bridgehead atoms. The van der Waals surface area contributed by atoms with Gasteiger partial charge in [0.1, 0.15) is 5.76 Å². The topological polar surface area (TPSA) is 66.4 Å². The zero-order valence-corrected chi connectivity index (χ0v) is 6.05. The lowest BCUT2D eigenvalue weighted by Crippen LogP contribution is -2.24. The maximum atomic E-state index is 10.6. The lowest BCUT2D eigenvalue weighted by molar-refractivity contribution is -0.299. The van der Waals surface area contributed by atoms with E-state index in [1.165, 1.54) is 0 Å². The minimum absolute atomic E-state index is 0.0162. The van der Waals surface area contributed by atoms with Crippen LogP contribution < -0.4 is 5.11 Å². The van der Waals surface area contributed by atoms with Crippen LogP contribution in [0, 0.1) is 0 Å². The number of cyclic esters (lactones) is 1. The van der Waals surface area contributed by atoms with E-state index in [9.17, 15) is 14.7 Å². The monoisotopic (exact) mass is 155 g/mol. The Morgan fingerprint density at radius 1 is 1.73 bits per heavy atom. The van der Waals surface area contributed by atoms with Crippen molar-refractivity contribution in [2.75, 3.05) is 0 Å². The maximum absolute atomic E-state index is 10.6. The molecule has 60 valence electrons. The van der Waals surface area contributed by atoms with E-state index in [0.29, 0.717) is 6.42 Å². The number of ether oxygens (including phenoxy) is 1. The first-order valence-electron chi connectivity index (χ1n) is 3.29. The smallest absolute Gasteiger partial charge is 0.315 e. The Morgan fingerprint density at radius 3 is 2.73 bits per heavy atom. The number of carbonyl (C=O) groups is 2. The molecule has 0 aromatic carbocycles. The lowest BCUT2D eigenvalue weighted by Gasteiger charge is -2.01. The van der Waals surface area contributed by atoms with Gasteiger partial charge in [-0.25, -0.2) is 0 Å². The Morgan fingerprint density at radius 2 is 2.36 bits per heavy atom. The van der Waals surface area contributed by atoms with Crippen molar-refractivity contribution in [3.8, 4) is 0 Å². The van der Waals surface area contributed by atoms with Crippen LogP contribution in [0.2, 0.25) is 0 Å². The summed E-state index contributed by atoms with van der Waals surface area (Å²) in [7, 11) is 0. The van der Waals surface area contributed by atoms with Gasteiger partial charge in [-0.05, 0) is 0 Å². The third-order valence-electron chi connectivity index (χ3n) is 1.46. The molecule has 0 saturated carbocycles. The largest absolute Gasteiger partial charge is 0.545 e. The highest BCUT2D eigenvalue weighted by Gasteiger charge is 2.22. The summed E-state index contributed by atoms with van der Waals surface area (Å²) in [6, 6.07) is 0. The summed E-state index contributed by atoms with van der Waals surface area (Å²) in [5.41, 5.74) is -0.0162. The number of hydrogen-bond donors (Lipinski definition) is 0. The second kappa shape index (κ2) is 2.74. The molecule has 11 heavy (non-hydrogen) atoms. The van der Waals surface area contributed by atoms with Gasteiger partial charge in [-0.2, -0.15) is 0 Å². The average molecular weight is 155 g/mol. The Kier molecular flexibility index (Phi) is 1.94. The van der Waals surface area contributed by atoms with Crippen molar-refractivity contribution in [2.24, 2.45) is 0 Å². The molecule has 1 heterocycles. The van der Waals surface area contributed by atoms with E-state index >= 15 is 0 Å². The molecule has 0 radical (unpaired) electrons. The van der Waals surface area contributed by atoms with Crippen molar-refractivity contribution in [2.45, 2.75) is 19.8 Å². The molecule has 0 aromatic rings. The Bertz CT molecular complexity index is 239. The first-order chi connectivity index (χ1) is 5.15. The molecule has 0 atom stereocenters. The standard InChI is InChI=1S/C7H8O4/c1-2-5-4(7(9)10)3-6(8)11-5/h2-3H2,1H3,(H,9,10)/p-1. The lowest BCUT2D eigenvalue weighted by atomic mass is 10.2. The number of esters is 1. The summed E-state index contributed by atoms with van der Waals surface area (Å²) in [4.78, 5) is 20.9. The Hall–Kier alpha value is -1.32. The fourth-order valence-corrected chi connectivity index (χ4v) is 0.950. The normalized spacial score (nSPS) is 17.0. The molecule has 0 amide bonds. The number of rotatable bonds is 2. The van der Waals surface area contributed by atoms with Crippen LogP contribution in [0.15, 0.2) is 11.3 Å². The van der Waals surface area contributed by atoms with Gasteiger partial charge in [0, 0.05) is 12.0 Å². The van der Waals surface area contributed by atoms with E-state index in [4.69, 9.17) is 0 Å². The molecule has 0 aliphatic carbocycles. The predicted molar refractivity (Wildman–Crippen MR) is 33.0 cm³/mol. The maximum Gasteiger partial charge on any atom is 0.315 e. The molecular formula is C7H7O4-. The van der Waals surface area contributed by atoms with Crippen LogP contribution in [-0.2, 0) is 14.3 Å². The van der Waals surface area contributed by atoms with E-state index in [1.54, 1.807) is 6.92 Å². The van der Waals surface area contributed by atoms with E-state index in [-0.39, 0.29) is 17.8 Å². The zero-order valence-electron chi connectivity index (χ0n) is 6.05. The van der Waals surface area contributed by atoms with E-state index in [1.807, 2.05) is 0 Å². The second-order valence-corrected chi connectivity index (χ2v) is 2.19. The molecule has 0 aromatic heterocycles. The molecule has 1 rings (SSSR count). The first-order valence-corrected chi connectivity index (χ1v) is 3.29. The van der Waals surface area contributed by atoms with Gasteiger partial charge in [0.15, 0.2) is 0 Å². The van der Waals surface area contributed by atoms with Crippen molar-refractivity contribution in [1.29, 1.82) is 0 Å². The molecule has 4 nitrogen and oxygen atoms in total. The minimum Gasteiger partial charge on any atom is -0.545 e. The molecule has 4 heteroatoms. The molecule has 0 unspecified atom stereocenters. The highest BCUT2D eigenvalue weighted by atomic mass is 16.5. The third kappa shape index (κ3) is 1.39. The van der Waals surface area contributed by atoms with Gasteiger partial charge in [0.25, 0.3) is 0 Å². The van der Waals surface area contributed by atoms with Crippen molar-refractivity contribution >= 4 is 11.9 Å². The molecule has 0 N–H and O–H groups in total. The zero-order chi connectivity index (χ0) is 8.43. The van der Waals surface area contributed by atoms with Crippen LogP contribution in [0.1, 0.15) is 19.8 Å². The summed E-state index contributed by atoms with van der Waals surface area (Å²) >= 11 is 0. The number of carboxylic acid groups (broad SMARTS) is 1. The number of allylic oxidation sites excluding steroid dienone is 1. The summed E-state index contributed by atoms with van der Waals surface area (Å²) in [6.45, 7) is 1.72. The molecule has 1 aliphatic heterocycles. The predicted octanol–water partition coefficient (Wildman–Crippen LogP) is -0.653. The highest BCUT2D eigenvalue weighted by molar-refractivity contribution is 5.94. The molecule has 1 aliphatic rings. The van der Waals surface area contributed by atoms with Gasteiger partial charge in [-0.3, -0.25) is 4.79 Å². The number of hydrogen-bond acceptors (Lipinski definition) is 4. The van der Waals surface area contributed by atoms with Crippen LogP contribution in [0.5, 0.6) is 0 Å². The fraction of sp³-hybridized carbons (Fsp3) is 0.429. The Balaban J connectivity index is 2.88. The van der Waals surface area contributed by atoms with Crippen molar-refractivity contribution in [1.82, 2.24) is 0 Å².